The van der Waals surface area contributed by atoms with Crippen molar-refractivity contribution in [2.45, 2.75) is 6.54 Å². The minimum absolute atomic E-state index is 0.0786. The number of ketones is 1. The SMILES string of the molecule is O=C(C[n+]1cccc(Br)c1)c1cccc([N+](=O)[O-])c1. The fourth-order valence-corrected chi connectivity index (χ4v) is 2.05. The number of pyridine rings is 1. The van der Waals surface area contributed by atoms with Crippen LogP contribution in [0.4, 0.5) is 5.69 Å². The van der Waals surface area contributed by atoms with Crippen LogP contribution in [0.15, 0.2) is 53.3 Å². The molecule has 0 fully saturated rings. The zero-order chi connectivity index (χ0) is 13.8. The van der Waals surface area contributed by atoms with Gasteiger partial charge in [-0.3, -0.25) is 14.9 Å². The van der Waals surface area contributed by atoms with Crippen LogP contribution >= 0.6 is 15.9 Å². The summed E-state index contributed by atoms with van der Waals surface area (Å²) in [5.74, 6) is -0.174. The Labute approximate surface area is 117 Å². The van der Waals surface area contributed by atoms with Crippen LogP contribution in [-0.2, 0) is 6.54 Å². The summed E-state index contributed by atoms with van der Waals surface area (Å²) in [6, 6.07) is 9.41. The lowest BCUT2D eigenvalue weighted by Crippen LogP contribution is -2.37. The third-order valence-corrected chi connectivity index (χ3v) is 3.00. The normalized spacial score (nSPS) is 10.2. The highest BCUT2D eigenvalue weighted by molar-refractivity contribution is 9.10. The molecule has 5 nitrogen and oxygen atoms in total. The summed E-state index contributed by atoms with van der Waals surface area (Å²) in [5, 5.41) is 10.7. The van der Waals surface area contributed by atoms with Gasteiger partial charge in [0.2, 0.25) is 12.3 Å². The molecule has 0 unspecified atom stereocenters. The molecule has 0 radical (unpaired) electrons. The van der Waals surface area contributed by atoms with E-state index in [1.165, 1.54) is 18.2 Å². The summed E-state index contributed by atoms with van der Waals surface area (Å²) in [7, 11) is 0. The molecule has 2 rings (SSSR count). The number of benzene rings is 1. The van der Waals surface area contributed by atoms with E-state index in [1.54, 1.807) is 23.0 Å². The Bertz CT molecular complexity index is 643. The van der Waals surface area contributed by atoms with E-state index >= 15 is 0 Å². The molecule has 2 aromatic rings. The molecular weight excluding hydrogens is 312 g/mol. The number of non-ortho nitro benzene ring substituents is 1. The molecule has 19 heavy (non-hydrogen) atoms. The minimum Gasteiger partial charge on any atom is -0.287 e. The second-order valence-corrected chi connectivity index (χ2v) is 4.84. The van der Waals surface area contributed by atoms with E-state index in [1.807, 2.05) is 12.1 Å². The number of nitro benzene ring substituents is 1. The lowest BCUT2D eigenvalue weighted by atomic mass is 10.1. The molecule has 0 aliphatic rings. The van der Waals surface area contributed by atoms with Crippen molar-refractivity contribution in [3.63, 3.8) is 0 Å². The standard InChI is InChI=1S/C13H10BrN2O3/c14-11-4-2-6-15(8-11)9-13(17)10-3-1-5-12(7-10)16(18)19/h1-8H,9H2/q+1. The first-order chi connectivity index (χ1) is 9.06. The summed E-state index contributed by atoms with van der Waals surface area (Å²) >= 11 is 3.32. The first kappa shape index (κ1) is 13.4. The fourth-order valence-electron chi connectivity index (χ4n) is 1.64. The number of nitro groups is 1. The van der Waals surface area contributed by atoms with Crippen LogP contribution in [0.25, 0.3) is 0 Å². The van der Waals surface area contributed by atoms with E-state index in [0.717, 1.165) is 4.47 Å². The minimum atomic E-state index is -0.511. The quantitative estimate of drug-likeness (QED) is 0.376. The van der Waals surface area contributed by atoms with Gasteiger partial charge >= 0.3 is 0 Å². The largest absolute Gasteiger partial charge is 0.287 e. The third kappa shape index (κ3) is 3.45. The first-order valence-electron chi connectivity index (χ1n) is 5.48. The molecule has 1 heterocycles. The number of hydrogen-bond acceptors (Lipinski definition) is 3. The van der Waals surface area contributed by atoms with Crippen LogP contribution in [0.5, 0.6) is 0 Å². The molecule has 0 saturated carbocycles. The van der Waals surface area contributed by atoms with E-state index in [2.05, 4.69) is 15.9 Å². The predicted molar refractivity (Wildman–Crippen MR) is 71.8 cm³/mol. The van der Waals surface area contributed by atoms with Crippen LogP contribution in [0.3, 0.4) is 0 Å². The average Bonchev–Trinajstić information content (AvgIpc) is 2.39. The monoisotopic (exact) mass is 321 g/mol. The maximum Gasteiger partial charge on any atom is 0.270 e. The fraction of sp³-hybridized carbons (Fsp3) is 0.0769. The smallest absolute Gasteiger partial charge is 0.270 e. The number of hydrogen-bond donors (Lipinski definition) is 0. The van der Waals surface area contributed by atoms with Gasteiger partial charge in [-0.05, 0) is 22.0 Å². The van der Waals surface area contributed by atoms with Crippen LogP contribution in [0.1, 0.15) is 10.4 Å². The zero-order valence-corrected chi connectivity index (χ0v) is 11.4. The molecule has 96 valence electrons. The molecule has 1 aromatic heterocycles. The van der Waals surface area contributed by atoms with Gasteiger partial charge in [0.1, 0.15) is 0 Å². The highest BCUT2D eigenvalue weighted by atomic mass is 79.9. The highest BCUT2D eigenvalue weighted by Crippen LogP contribution is 2.13. The molecule has 0 atom stereocenters. The Kier molecular flexibility index (Phi) is 4.01. The van der Waals surface area contributed by atoms with Crippen LogP contribution < -0.4 is 4.57 Å². The van der Waals surface area contributed by atoms with Crippen molar-refractivity contribution < 1.29 is 14.3 Å². The van der Waals surface area contributed by atoms with Crippen molar-refractivity contribution in [1.82, 2.24) is 0 Å². The van der Waals surface area contributed by atoms with Crippen molar-refractivity contribution in [3.05, 3.63) is 68.9 Å². The number of nitrogens with zero attached hydrogens (tertiary/aromatic N) is 2. The molecule has 0 bridgehead atoms. The second kappa shape index (κ2) is 5.71. The molecular formula is C13H10BrN2O3+. The molecule has 6 heteroatoms. The van der Waals surface area contributed by atoms with Crippen molar-refractivity contribution >= 4 is 27.4 Å². The number of aromatic nitrogens is 1. The highest BCUT2D eigenvalue weighted by Gasteiger charge is 2.15. The van der Waals surface area contributed by atoms with Gasteiger partial charge < -0.3 is 0 Å². The topological polar surface area (TPSA) is 64.1 Å². The number of halogens is 1. The summed E-state index contributed by atoms with van der Waals surface area (Å²) in [6.45, 7) is 0.139. The number of carbonyl (C=O) groups excluding carboxylic acids is 1. The Hall–Kier alpha value is -2.08. The Morgan fingerprint density at radius 3 is 2.79 bits per heavy atom. The Morgan fingerprint density at radius 2 is 2.11 bits per heavy atom. The zero-order valence-electron chi connectivity index (χ0n) is 9.82. The summed E-state index contributed by atoms with van der Waals surface area (Å²) in [4.78, 5) is 22.2. The first-order valence-corrected chi connectivity index (χ1v) is 6.28. The average molecular weight is 322 g/mol. The van der Waals surface area contributed by atoms with Gasteiger partial charge in [0.05, 0.1) is 9.40 Å². The molecule has 0 amide bonds. The molecule has 0 spiro atoms. The molecule has 0 aliphatic heterocycles. The second-order valence-electron chi connectivity index (χ2n) is 3.93. The lowest BCUT2D eigenvalue weighted by Gasteiger charge is -1.99. The van der Waals surface area contributed by atoms with Crippen molar-refractivity contribution in [3.8, 4) is 0 Å². The van der Waals surface area contributed by atoms with E-state index < -0.39 is 4.92 Å². The summed E-state index contributed by atoms with van der Waals surface area (Å²) in [6.07, 6.45) is 3.54. The lowest BCUT2D eigenvalue weighted by molar-refractivity contribution is -0.683. The van der Waals surface area contributed by atoms with Crippen molar-refractivity contribution in [2.24, 2.45) is 0 Å². The Balaban J connectivity index is 2.20. The number of Topliss-reactive ketones (excluding diaryl/α,β-unsaturated/α-hetero) is 1. The predicted octanol–water partition coefficient (Wildman–Crippen LogP) is 2.53. The Morgan fingerprint density at radius 1 is 1.32 bits per heavy atom. The van der Waals surface area contributed by atoms with E-state index in [0.29, 0.717) is 5.56 Å². The molecule has 0 saturated heterocycles. The summed E-state index contributed by atoms with van der Waals surface area (Å²) in [5.41, 5.74) is 0.256. The maximum absolute atomic E-state index is 12.0. The van der Waals surface area contributed by atoms with E-state index in [-0.39, 0.29) is 18.0 Å². The number of carbonyl (C=O) groups is 1. The molecule has 0 N–H and O–H groups in total. The van der Waals surface area contributed by atoms with Crippen LogP contribution in [0.2, 0.25) is 0 Å². The summed E-state index contributed by atoms with van der Waals surface area (Å²) < 4.78 is 2.58. The molecule has 1 aromatic carbocycles. The maximum atomic E-state index is 12.0. The number of rotatable bonds is 4. The van der Waals surface area contributed by atoms with Crippen LogP contribution in [0, 0.1) is 10.1 Å². The van der Waals surface area contributed by atoms with Gasteiger partial charge in [-0.15, -0.1) is 0 Å². The van der Waals surface area contributed by atoms with Crippen LogP contribution in [-0.4, -0.2) is 10.7 Å². The molecule has 0 aliphatic carbocycles. The van der Waals surface area contributed by atoms with E-state index in [4.69, 9.17) is 0 Å². The van der Waals surface area contributed by atoms with E-state index in [9.17, 15) is 14.9 Å². The third-order valence-electron chi connectivity index (χ3n) is 2.53. The van der Waals surface area contributed by atoms with Gasteiger partial charge in [-0.25, -0.2) is 0 Å². The van der Waals surface area contributed by atoms with Gasteiger partial charge in [-0.2, -0.15) is 4.57 Å². The van der Waals surface area contributed by atoms with Gasteiger partial charge in [0, 0.05) is 23.8 Å². The van der Waals surface area contributed by atoms with Crippen molar-refractivity contribution in [2.75, 3.05) is 0 Å². The van der Waals surface area contributed by atoms with Gasteiger partial charge in [-0.1, -0.05) is 12.1 Å². The van der Waals surface area contributed by atoms with Gasteiger partial charge in [0.25, 0.3) is 5.69 Å². The van der Waals surface area contributed by atoms with Crippen molar-refractivity contribution in [1.29, 1.82) is 0 Å². The van der Waals surface area contributed by atoms with Gasteiger partial charge in [0.15, 0.2) is 12.4 Å².